The van der Waals surface area contributed by atoms with E-state index in [2.05, 4.69) is 5.32 Å². The first kappa shape index (κ1) is 14.3. The molecule has 0 aliphatic carbocycles. The maximum Gasteiger partial charge on any atom is 0.306 e. The van der Waals surface area contributed by atoms with Crippen LogP contribution in [0.25, 0.3) is 0 Å². The topological polar surface area (TPSA) is 73.1 Å². The van der Waals surface area contributed by atoms with Crippen molar-refractivity contribution >= 4 is 23.3 Å². The number of nitrogens with one attached hydrogen (secondary N) is 1. The average Bonchev–Trinajstić information content (AvgIpc) is 2.35. The Morgan fingerprint density at radius 1 is 1.61 bits per heavy atom. The third kappa shape index (κ3) is 4.27. The SMILES string of the molecule is CC(CCCNc1ccc(C#N)cc1Cl)C(=O)O. The summed E-state index contributed by atoms with van der Waals surface area (Å²) >= 11 is 5.99. The highest BCUT2D eigenvalue weighted by atomic mass is 35.5. The number of rotatable bonds is 6. The van der Waals surface area contributed by atoms with Gasteiger partial charge in [-0.05, 0) is 31.0 Å². The van der Waals surface area contributed by atoms with Crippen LogP contribution < -0.4 is 5.32 Å². The molecule has 0 spiro atoms. The predicted octanol–water partition coefficient (Wildman–Crippen LogP) is 3.12. The fourth-order valence-electron chi connectivity index (χ4n) is 1.48. The Morgan fingerprint density at radius 3 is 2.89 bits per heavy atom. The van der Waals surface area contributed by atoms with E-state index in [1.807, 2.05) is 6.07 Å². The summed E-state index contributed by atoms with van der Waals surface area (Å²) in [7, 11) is 0. The van der Waals surface area contributed by atoms with Crippen LogP contribution in [0.2, 0.25) is 5.02 Å². The van der Waals surface area contributed by atoms with Crippen molar-refractivity contribution in [1.82, 2.24) is 0 Å². The molecule has 1 aromatic carbocycles. The van der Waals surface area contributed by atoms with Crippen molar-refractivity contribution in [2.75, 3.05) is 11.9 Å². The van der Waals surface area contributed by atoms with Gasteiger partial charge in [0.25, 0.3) is 0 Å². The fourth-order valence-corrected chi connectivity index (χ4v) is 1.73. The number of aliphatic carboxylic acids is 1. The first-order valence-electron chi connectivity index (χ1n) is 5.71. The van der Waals surface area contributed by atoms with Crippen LogP contribution in [0, 0.1) is 17.2 Å². The Kier molecular flexibility index (Phi) is 5.47. The summed E-state index contributed by atoms with van der Waals surface area (Å²) in [5, 5.41) is 21.0. The number of benzene rings is 1. The van der Waals surface area contributed by atoms with Gasteiger partial charge < -0.3 is 10.4 Å². The number of carbonyl (C=O) groups is 1. The van der Waals surface area contributed by atoms with Crippen molar-refractivity contribution < 1.29 is 9.90 Å². The summed E-state index contributed by atoms with van der Waals surface area (Å²) < 4.78 is 0. The van der Waals surface area contributed by atoms with E-state index in [1.165, 1.54) is 0 Å². The zero-order chi connectivity index (χ0) is 13.5. The predicted molar refractivity (Wildman–Crippen MR) is 70.7 cm³/mol. The van der Waals surface area contributed by atoms with E-state index < -0.39 is 5.97 Å². The van der Waals surface area contributed by atoms with E-state index in [0.29, 0.717) is 23.6 Å². The molecular weight excluding hydrogens is 252 g/mol. The highest BCUT2D eigenvalue weighted by molar-refractivity contribution is 6.33. The van der Waals surface area contributed by atoms with Crippen LogP contribution in [0.15, 0.2) is 18.2 Å². The molecule has 0 bridgehead atoms. The highest BCUT2D eigenvalue weighted by Crippen LogP contribution is 2.22. The maximum atomic E-state index is 10.6. The molecule has 0 fully saturated rings. The Hall–Kier alpha value is -1.73. The average molecular weight is 267 g/mol. The first-order valence-corrected chi connectivity index (χ1v) is 6.08. The van der Waals surface area contributed by atoms with Gasteiger partial charge in [0, 0.05) is 6.54 Å². The summed E-state index contributed by atoms with van der Waals surface area (Å²) in [6, 6.07) is 7.05. The van der Waals surface area contributed by atoms with Crippen LogP contribution in [0.3, 0.4) is 0 Å². The summed E-state index contributed by atoms with van der Waals surface area (Å²) in [6.45, 7) is 2.35. The molecule has 1 rings (SSSR count). The molecule has 5 heteroatoms. The van der Waals surface area contributed by atoms with Gasteiger partial charge in [0.15, 0.2) is 0 Å². The van der Waals surface area contributed by atoms with E-state index >= 15 is 0 Å². The van der Waals surface area contributed by atoms with Crippen LogP contribution in [-0.4, -0.2) is 17.6 Å². The molecule has 0 heterocycles. The van der Waals surface area contributed by atoms with Crippen LogP contribution in [-0.2, 0) is 4.79 Å². The second-order valence-electron chi connectivity index (χ2n) is 4.11. The summed E-state index contributed by atoms with van der Waals surface area (Å²) in [5.41, 5.74) is 1.28. The zero-order valence-corrected chi connectivity index (χ0v) is 10.9. The minimum atomic E-state index is -0.772. The van der Waals surface area contributed by atoms with Crippen LogP contribution in [0.4, 0.5) is 5.69 Å². The minimum absolute atomic E-state index is 0.330. The van der Waals surface area contributed by atoms with Gasteiger partial charge in [-0.1, -0.05) is 18.5 Å². The lowest BCUT2D eigenvalue weighted by atomic mass is 10.1. The van der Waals surface area contributed by atoms with Crippen LogP contribution in [0.5, 0.6) is 0 Å². The van der Waals surface area contributed by atoms with Crippen molar-refractivity contribution in [3.05, 3.63) is 28.8 Å². The second-order valence-corrected chi connectivity index (χ2v) is 4.52. The lowest BCUT2D eigenvalue weighted by Crippen LogP contribution is -2.11. The molecule has 0 aliphatic heterocycles. The van der Waals surface area contributed by atoms with E-state index in [0.717, 1.165) is 12.1 Å². The van der Waals surface area contributed by atoms with E-state index in [4.69, 9.17) is 22.0 Å². The number of hydrogen-bond donors (Lipinski definition) is 2. The van der Waals surface area contributed by atoms with Crippen LogP contribution >= 0.6 is 11.6 Å². The van der Waals surface area contributed by atoms with Crippen molar-refractivity contribution in [3.63, 3.8) is 0 Å². The first-order chi connectivity index (χ1) is 8.54. The van der Waals surface area contributed by atoms with Crippen molar-refractivity contribution in [2.24, 2.45) is 5.92 Å². The monoisotopic (exact) mass is 266 g/mol. The van der Waals surface area contributed by atoms with Crippen molar-refractivity contribution in [1.29, 1.82) is 5.26 Å². The van der Waals surface area contributed by atoms with E-state index in [1.54, 1.807) is 25.1 Å². The van der Waals surface area contributed by atoms with E-state index in [-0.39, 0.29) is 5.92 Å². The van der Waals surface area contributed by atoms with Gasteiger partial charge in [0.1, 0.15) is 0 Å². The third-order valence-electron chi connectivity index (χ3n) is 2.65. The molecule has 18 heavy (non-hydrogen) atoms. The minimum Gasteiger partial charge on any atom is -0.481 e. The lowest BCUT2D eigenvalue weighted by Gasteiger charge is -2.09. The van der Waals surface area contributed by atoms with Gasteiger partial charge >= 0.3 is 5.97 Å². The summed E-state index contributed by atoms with van der Waals surface area (Å²) in [6.07, 6.45) is 1.38. The van der Waals surface area contributed by atoms with Gasteiger partial charge in [-0.25, -0.2) is 0 Å². The lowest BCUT2D eigenvalue weighted by molar-refractivity contribution is -0.141. The molecule has 2 N–H and O–H groups in total. The van der Waals surface area contributed by atoms with Gasteiger partial charge in [0.05, 0.1) is 28.3 Å². The molecule has 0 aromatic heterocycles. The van der Waals surface area contributed by atoms with Gasteiger partial charge in [-0.15, -0.1) is 0 Å². The fraction of sp³-hybridized carbons (Fsp3) is 0.385. The van der Waals surface area contributed by atoms with Gasteiger partial charge in [0.2, 0.25) is 0 Å². The molecule has 0 saturated carbocycles. The maximum absolute atomic E-state index is 10.6. The standard InChI is InChI=1S/C13H15ClN2O2/c1-9(13(17)18)3-2-6-16-12-5-4-10(8-15)7-11(12)14/h4-5,7,9,16H,2-3,6H2,1H3,(H,17,18). The molecule has 4 nitrogen and oxygen atoms in total. The molecular formula is C13H15ClN2O2. The van der Waals surface area contributed by atoms with E-state index in [9.17, 15) is 4.79 Å². The third-order valence-corrected chi connectivity index (χ3v) is 2.96. The smallest absolute Gasteiger partial charge is 0.306 e. The molecule has 0 saturated heterocycles. The second kappa shape index (κ2) is 6.87. The number of anilines is 1. The summed E-state index contributed by atoms with van der Waals surface area (Å²) in [4.78, 5) is 10.6. The molecule has 0 radical (unpaired) electrons. The summed E-state index contributed by atoms with van der Waals surface area (Å²) in [5.74, 6) is -1.10. The molecule has 0 aliphatic rings. The normalized spacial score (nSPS) is 11.6. The highest BCUT2D eigenvalue weighted by Gasteiger charge is 2.09. The number of nitrogens with zero attached hydrogens (tertiary/aromatic N) is 1. The number of hydrogen-bond acceptors (Lipinski definition) is 3. The Morgan fingerprint density at radius 2 is 2.33 bits per heavy atom. The number of halogens is 1. The Labute approximate surface area is 111 Å². The van der Waals surface area contributed by atoms with Crippen LogP contribution in [0.1, 0.15) is 25.3 Å². The van der Waals surface area contributed by atoms with Crippen molar-refractivity contribution in [2.45, 2.75) is 19.8 Å². The molecule has 1 aromatic rings. The number of carboxylic acid groups (broad SMARTS) is 1. The zero-order valence-electron chi connectivity index (χ0n) is 10.1. The molecule has 1 atom stereocenters. The molecule has 96 valence electrons. The largest absolute Gasteiger partial charge is 0.481 e. The van der Waals surface area contributed by atoms with Gasteiger partial charge in [-0.2, -0.15) is 5.26 Å². The number of nitriles is 1. The quantitative estimate of drug-likeness (QED) is 0.776. The van der Waals surface area contributed by atoms with Gasteiger partial charge in [-0.3, -0.25) is 4.79 Å². The molecule has 1 unspecified atom stereocenters. The van der Waals surface area contributed by atoms with Crippen molar-refractivity contribution in [3.8, 4) is 6.07 Å². The molecule has 0 amide bonds. The Bertz CT molecular complexity index is 469. The Balaban J connectivity index is 2.41. The number of carboxylic acids is 1.